The third kappa shape index (κ3) is 2.84. The number of carboxylic acids is 1. The number of hydrogen-bond acceptors (Lipinski definition) is 1. The summed E-state index contributed by atoms with van der Waals surface area (Å²) in [6.07, 6.45) is 1.10. The van der Waals surface area contributed by atoms with E-state index in [0.29, 0.717) is 11.5 Å². The van der Waals surface area contributed by atoms with E-state index in [1.54, 1.807) is 12.1 Å². The maximum absolute atomic E-state index is 11.2. The largest absolute Gasteiger partial charge is 0.478 e. The molecule has 0 saturated heterocycles. The molecule has 0 amide bonds. The molecule has 0 spiro atoms. The van der Waals surface area contributed by atoms with Gasteiger partial charge in [-0.25, -0.2) is 4.79 Å². The Morgan fingerprint density at radius 2 is 1.74 bits per heavy atom. The summed E-state index contributed by atoms with van der Waals surface area (Å²) in [5.41, 5.74) is 3.36. The molecule has 1 N–H and O–H groups in total. The Morgan fingerprint density at radius 1 is 1.11 bits per heavy atom. The first-order chi connectivity index (χ1) is 9.13. The molecule has 0 saturated carbocycles. The van der Waals surface area contributed by atoms with Gasteiger partial charge in [0.1, 0.15) is 0 Å². The van der Waals surface area contributed by atoms with Crippen molar-refractivity contribution in [2.75, 3.05) is 0 Å². The van der Waals surface area contributed by atoms with Gasteiger partial charge in [-0.1, -0.05) is 56.3 Å². The van der Waals surface area contributed by atoms with Gasteiger partial charge >= 0.3 is 5.97 Å². The Hall–Kier alpha value is -2.09. The van der Waals surface area contributed by atoms with Crippen LogP contribution in [-0.2, 0) is 0 Å². The number of hydrogen-bond donors (Lipinski definition) is 1. The monoisotopic (exact) mass is 254 g/mol. The van der Waals surface area contributed by atoms with Gasteiger partial charge in [-0.15, -0.1) is 0 Å². The van der Waals surface area contributed by atoms with Gasteiger partial charge < -0.3 is 5.11 Å². The summed E-state index contributed by atoms with van der Waals surface area (Å²) in [6.45, 7) is 4.36. The van der Waals surface area contributed by atoms with Crippen molar-refractivity contribution < 1.29 is 9.90 Å². The molecule has 2 aromatic rings. The van der Waals surface area contributed by atoms with E-state index in [-0.39, 0.29) is 0 Å². The van der Waals surface area contributed by atoms with Crippen molar-refractivity contribution >= 4 is 5.97 Å². The summed E-state index contributed by atoms with van der Waals surface area (Å²) >= 11 is 0. The average molecular weight is 254 g/mol. The standard InChI is InChI=1S/C17H18O2/c1-3-12(2)13-8-10-14(11-9-13)15-6-4-5-7-16(15)17(18)19/h4-12H,3H2,1-2H3,(H,18,19). The average Bonchev–Trinajstić information content (AvgIpc) is 2.46. The second-order valence-electron chi connectivity index (χ2n) is 4.78. The zero-order valence-corrected chi connectivity index (χ0v) is 11.3. The van der Waals surface area contributed by atoms with E-state index in [2.05, 4.69) is 26.0 Å². The molecule has 0 aliphatic heterocycles. The number of rotatable bonds is 4. The summed E-state index contributed by atoms with van der Waals surface area (Å²) in [5, 5.41) is 9.21. The lowest BCUT2D eigenvalue weighted by Gasteiger charge is -2.11. The zero-order valence-electron chi connectivity index (χ0n) is 11.3. The van der Waals surface area contributed by atoms with E-state index in [1.165, 1.54) is 5.56 Å². The minimum absolute atomic E-state index is 0.346. The third-order valence-electron chi connectivity index (χ3n) is 3.56. The first-order valence-corrected chi connectivity index (χ1v) is 6.56. The third-order valence-corrected chi connectivity index (χ3v) is 3.56. The lowest BCUT2D eigenvalue weighted by Crippen LogP contribution is -1.99. The predicted molar refractivity (Wildman–Crippen MR) is 77.5 cm³/mol. The van der Waals surface area contributed by atoms with Gasteiger partial charge in [0.25, 0.3) is 0 Å². The first-order valence-electron chi connectivity index (χ1n) is 6.56. The van der Waals surface area contributed by atoms with E-state index in [0.717, 1.165) is 17.5 Å². The Balaban J connectivity index is 2.40. The predicted octanol–water partition coefficient (Wildman–Crippen LogP) is 4.57. The van der Waals surface area contributed by atoms with Crippen LogP contribution in [0.4, 0.5) is 0 Å². The molecule has 0 radical (unpaired) electrons. The fraction of sp³-hybridized carbons (Fsp3) is 0.235. The Morgan fingerprint density at radius 3 is 2.32 bits per heavy atom. The van der Waals surface area contributed by atoms with Crippen molar-refractivity contribution in [3.63, 3.8) is 0 Å². The second kappa shape index (κ2) is 5.70. The van der Waals surface area contributed by atoms with E-state index in [4.69, 9.17) is 0 Å². The number of carbonyl (C=O) groups is 1. The molecule has 0 fully saturated rings. The highest BCUT2D eigenvalue weighted by atomic mass is 16.4. The quantitative estimate of drug-likeness (QED) is 0.868. The molecule has 1 atom stereocenters. The van der Waals surface area contributed by atoms with Crippen molar-refractivity contribution in [1.29, 1.82) is 0 Å². The lowest BCUT2D eigenvalue weighted by molar-refractivity contribution is 0.0697. The maximum Gasteiger partial charge on any atom is 0.336 e. The van der Waals surface area contributed by atoms with Gasteiger partial charge in [0.15, 0.2) is 0 Å². The van der Waals surface area contributed by atoms with Crippen molar-refractivity contribution in [3.05, 3.63) is 59.7 Å². The minimum atomic E-state index is -0.887. The molecular formula is C17H18O2. The van der Waals surface area contributed by atoms with E-state index >= 15 is 0 Å². The summed E-state index contributed by atoms with van der Waals surface area (Å²) in [7, 11) is 0. The van der Waals surface area contributed by atoms with Crippen molar-refractivity contribution in [1.82, 2.24) is 0 Å². The van der Waals surface area contributed by atoms with Gasteiger partial charge in [0.05, 0.1) is 5.56 Å². The van der Waals surface area contributed by atoms with Crippen LogP contribution in [0.2, 0.25) is 0 Å². The van der Waals surface area contributed by atoms with Crippen molar-refractivity contribution in [3.8, 4) is 11.1 Å². The van der Waals surface area contributed by atoms with Crippen molar-refractivity contribution in [2.45, 2.75) is 26.2 Å². The van der Waals surface area contributed by atoms with E-state index in [1.807, 2.05) is 24.3 Å². The Bertz CT molecular complexity index is 570. The molecule has 2 aromatic carbocycles. The topological polar surface area (TPSA) is 37.3 Å². The summed E-state index contributed by atoms with van der Waals surface area (Å²) in [6, 6.07) is 15.3. The SMILES string of the molecule is CCC(C)c1ccc(-c2ccccc2C(=O)O)cc1. The zero-order chi connectivity index (χ0) is 13.8. The number of aromatic carboxylic acids is 1. The number of carboxylic acid groups (broad SMARTS) is 1. The molecular weight excluding hydrogens is 236 g/mol. The summed E-state index contributed by atoms with van der Waals surface area (Å²) in [5.74, 6) is -0.356. The van der Waals surface area contributed by atoms with Crippen LogP contribution in [0.3, 0.4) is 0 Å². The van der Waals surface area contributed by atoms with Crippen LogP contribution in [0.1, 0.15) is 42.1 Å². The molecule has 0 heterocycles. The first kappa shape index (κ1) is 13.3. The summed E-state index contributed by atoms with van der Waals surface area (Å²) < 4.78 is 0. The Labute approximate surface area is 113 Å². The highest BCUT2D eigenvalue weighted by Gasteiger charge is 2.11. The fourth-order valence-electron chi connectivity index (χ4n) is 2.15. The molecule has 0 aromatic heterocycles. The summed E-state index contributed by atoms with van der Waals surface area (Å²) in [4.78, 5) is 11.2. The van der Waals surface area contributed by atoms with Crippen LogP contribution in [0, 0.1) is 0 Å². The molecule has 2 heteroatoms. The molecule has 0 bridgehead atoms. The van der Waals surface area contributed by atoms with Crippen molar-refractivity contribution in [2.24, 2.45) is 0 Å². The normalized spacial score (nSPS) is 12.1. The molecule has 2 nitrogen and oxygen atoms in total. The van der Waals surface area contributed by atoms with Crippen LogP contribution in [-0.4, -0.2) is 11.1 Å². The van der Waals surface area contributed by atoms with Gasteiger partial charge in [0.2, 0.25) is 0 Å². The van der Waals surface area contributed by atoms with Crippen LogP contribution in [0.15, 0.2) is 48.5 Å². The van der Waals surface area contributed by atoms with Crippen LogP contribution in [0.25, 0.3) is 11.1 Å². The smallest absolute Gasteiger partial charge is 0.336 e. The van der Waals surface area contributed by atoms with Crippen LogP contribution >= 0.6 is 0 Å². The highest BCUT2D eigenvalue weighted by molar-refractivity contribution is 5.95. The van der Waals surface area contributed by atoms with Gasteiger partial charge in [0, 0.05) is 0 Å². The molecule has 1 unspecified atom stereocenters. The fourth-order valence-corrected chi connectivity index (χ4v) is 2.15. The van der Waals surface area contributed by atoms with E-state index < -0.39 is 5.97 Å². The van der Waals surface area contributed by atoms with Gasteiger partial charge in [-0.2, -0.15) is 0 Å². The Kier molecular flexibility index (Phi) is 4.00. The van der Waals surface area contributed by atoms with Crippen LogP contribution < -0.4 is 0 Å². The molecule has 19 heavy (non-hydrogen) atoms. The lowest BCUT2D eigenvalue weighted by atomic mass is 9.94. The molecule has 2 rings (SSSR count). The minimum Gasteiger partial charge on any atom is -0.478 e. The molecule has 0 aliphatic rings. The van der Waals surface area contributed by atoms with Crippen LogP contribution in [0.5, 0.6) is 0 Å². The second-order valence-corrected chi connectivity index (χ2v) is 4.78. The van der Waals surface area contributed by atoms with Gasteiger partial charge in [-0.3, -0.25) is 0 Å². The molecule has 0 aliphatic carbocycles. The van der Waals surface area contributed by atoms with E-state index in [9.17, 15) is 9.90 Å². The highest BCUT2D eigenvalue weighted by Crippen LogP contribution is 2.26. The molecule has 98 valence electrons. The maximum atomic E-state index is 11.2. The number of benzene rings is 2. The van der Waals surface area contributed by atoms with Gasteiger partial charge in [-0.05, 0) is 35.1 Å².